The zero-order chi connectivity index (χ0) is 20.4. The highest BCUT2D eigenvalue weighted by molar-refractivity contribution is 5.79. The van der Waals surface area contributed by atoms with E-state index in [0.717, 1.165) is 49.2 Å². The monoisotopic (exact) mass is 396 g/mol. The van der Waals surface area contributed by atoms with Gasteiger partial charge in [0.25, 0.3) is 0 Å². The summed E-state index contributed by atoms with van der Waals surface area (Å²) in [4.78, 5) is 15.2. The summed E-state index contributed by atoms with van der Waals surface area (Å²) in [5.41, 5.74) is 1.46. The molecule has 0 saturated carbocycles. The molecule has 2 aliphatic rings. The van der Waals surface area contributed by atoms with E-state index < -0.39 is 0 Å². The minimum Gasteiger partial charge on any atom is -0.487 e. The number of carbonyl (C=O) groups excluding carboxylic acids is 1. The quantitative estimate of drug-likeness (QED) is 0.830. The molecule has 1 fully saturated rings. The van der Waals surface area contributed by atoms with Crippen LogP contribution in [0.4, 0.5) is 4.39 Å². The molecule has 2 heterocycles. The van der Waals surface area contributed by atoms with Gasteiger partial charge < -0.3 is 10.1 Å². The zero-order valence-corrected chi connectivity index (χ0v) is 17.2. The van der Waals surface area contributed by atoms with Crippen LogP contribution in [-0.2, 0) is 11.3 Å². The first-order valence-electron chi connectivity index (χ1n) is 10.5. The van der Waals surface area contributed by atoms with Crippen molar-refractivity contribution in [1.29, 1.82) is 0 Å². The van der Waals surface area contributed by atoms with E-state index in [9.17, 15) is 9.18 Å². The molecule has 2 aliphatic heterocycles. The van der Waals surface area contributed by atoms with Crippen LogP contribution in [0, 0.1) is 11.7 Å². The van der Waals surface area contributed by atoms with Gasteiger partial charge in [-0.2, -0.15) is 0 Å². The molecule has 0 aliphatic carbocycles. The second-order valence-electron chi connectivity index (χ2n) is 8.81. The molecule has 1 atom stereocenters. The van der Waals surface area contributed by atoms with Crippen LogP contribution in [0.15, 0.2) is 48.5 Å². The molecule has 29 heavy (non-hydrogen) atoms. The number of amides is 1. The molecule has 0 spiro atoms. The van der Waals surface area contributed by atoms with Gasteiger partial charge in [-0.25, -0.2) is 4.39 Å². The van der Waals surface area contributed by atoms with E-state index >= 15 is 0 Å². The Hall–Kier alpha value is -2.40. The average molecular weight is 397 g/mol. The topological polar surface area (TPSA) is 41.6 Å². The van der Waals surface area contributed by atoms with Gasteiger partial charge in [0.15, 0.2) is 0 Å². The van der Waals surface area contributed by atoms with Crippen LogP contribution in [0.25, 0.3) is 0 Å². The smallest absolute Gasteiger partial charge is 0.223 e. The van der Waals surface area contributed by atoms with Gasteiger partial charge in [-0.05, 0) is 51.9 Å². The van der Waals surface area contributed by atoms with E-state index in [1.165, 1.54) is 6.07 Å². The lowest BCUT2D eigenvalue weighted by Crippen LogP contribution is -2.45. The number of fused-ring (bicyclic) bond motifs is 1. The molecule has 0 aromatic heterocycles. The van der Waals surface area contributed by atoms with Gasteiger partial charge in [0.05, 0.1) is 6.04 Å². The van der Waals surface area contributed by atoms with Gasteiger partial charge in [-0.3, -0.25) is 9.69 Å². The van der Waals surface area contributed by atoms with Crippen LogP contribution in [0.2, 0.25) is 0 Å². The number of halogens is 1. The van der Waals surface area contributed by atoms with Crippen molar-refractivity contribution in [2.24, 2.45) is 5.92 Å². The molecule has 0 bridgehead atoms. The van der Waals surface area contributed by atoms with Crippen molar-refractivity contribution in [3.63, 3.8) is 0 Å². The fourth-order valence-electron chi connectivity index (χ4n) is 4.44. The number of nitrogens with one attached hydrogen (secondary N) is 1. The number of ether oxygens (including phenoxy) is 1. The maximum absolute atomic E-state index is 13.9. The summed E-state index contributed by atoms with van der Waals surface area (Å²) in [6.07, 6.45) is 2.35. The standard InChI is InChI=1S/C24H29FN2O2/c1-24(2)15-21(19-8-4-6-10-22(19)29-24)26-23(28)17-11-13-27(14-12-17)16-18-7-3-5-9-20(18)25/h3-10,17,21H,11-16H2,1-2H3,(H,26,28)/t21-/m0/s1. The SMILES string of the molecule is CC1(C)C[C@H](NC(=O)C2CCN(Cc3ccccc3F)CC2)c2ccccc2O1. The summed E-state index contributed by atoms with van der Waals surface area (Å²) in [5, 5.41) is 3.28. The number of hydrogen-bond acceptors (Lipinski definition) is 3. The van der Waals surface area contributed by atoms with E-state index in [-0.39, 0.29) is 29.3 Å². The molecule has 2 aromatic carbocycles. The lowest BCUT2D eigenvalue weighted by molar-refractivity contribution is -0.127. The first kappa shape index (κ1) is 19.9. The van der Waals surface area contributed by atoms with Crippen molar-refractivity contribution < 1.29 is 13.9 Å². The molecule has 0 radical (unpaired) electrons. The molecule has 1 amide bonds. The summed E-state index contributed by atoms with van der Waals surface area (Å²) in [5.74, 6) is 0.819. The minimum absolute atomic E-state index is 0.00462. The fraction of sp³-hybridized carbons (Fsp3) is 0.458. The number of piperidine rings is 1. The zero-order valence-electron chi connectivity index (χ0n) is 17.2. The van der Waals surface area contributed by atoms with Crippen molar-refractivity contribution in [3.8, 4) is 5.75 Å². The van der Waals surface area contributed by atoms with E-state index in [1.807, 2.05) is 36.4 Å². The Balaban J connectivity index is 1.35. The van der Waals surface area contributed by atoms with Crippen molar-refractivity contribution in [1.82, 2.24) is 10.2 Å². The number of likely N-dealkylation sites (tertiary alicyclic amines) is 1. The molecule has 2 aromatic rings. The fourth-order valence-corrected chi connectivity index (χ4v) is 4.44. The van der Waals surface area contributed by atoms with Gasteiger partial charge >= 0.3 is 0 Å². The third-order valence-electron chi connectivity index (χ3n) is 6.00. The highest BCUT2D eigenvalue weighted by atomic mass is 19.1. The molecule has 0 unspecified atom stereocenters. The third kappa shape index (κ3) is 4.61. The Morgan fingerprint density at radius 3 is 2.59 bits per heavy atom. The number of nitrogens with zero attached hydrogens (tertiary/aromatic N) is 1. The maximum Gasteiger partial charge on any atom is 0.223 e. The number of carbonyl (C=O) groups is 1. The molecule has 5 heteroatoms. The molecule has 4 nitrogen and oxygen atoms in total. The first-order chi connectivity index (χ1) is 13.9. The summed E-state index contributed by atoms with van der Waals surface area (Å²) in [7, 11) is 0. The Morgan fingerprint density at radius 2 is 1.83 bits per heavy atom. The van der Waals surface area contributed by atoms with Crippen molar-refractivity contribution in [3.05, 3.63) is 65.5 Å². The van der Waals surface area contributed by atoms with Crippen molar-refractivity contribution in [2.45, 2.75) is 51.3 Å². The molecule has 154 valence electrons. The minimum atomic E-state index is -0.310. The van der Waals surface area contributed by atoms with Gasteiger partial charge in [-0.15, -0.1) is 0 Å². The van der Waals surface area contributed by atoms with Gasteiger partial charge in [-0.1, -0.05) is 36.4 Å². The Morgan fingerprint density at radius 1 is 1.14 bits per heavy atom. The van der Waals surface area contributed by atoms with Gasteiger partial charge in [0, 0.05) is 30.0 Å². The van der Waals surface area contributed by atoms with Crippen LogP contribution in [-0.4, -0.2) is 29.5 Å². The second-order valence-corrected chi connectivity index (χ2v) is 8.81. The van der Waals surface area contributed by atoms with Crippen LogP contribution in [0.5, 0.6) is 5.75 Å². The maximum atomic E-state index is 13.9. The lowest BCUT2D eigenvalue weighted by atomic mass is 9.88. The van der Waals surface area contributed by atoms with E-state index in [2.05, 4.69) is 24.1 Å². The number of hydrogen-bond donors (Lipinski definition) is 1. The van der Waals surface area contributed by atoms with Crippen molar-refractivity contribution >= 4 is 5.91 Å². The summed E-state index contributed by atoms with van der Waals surface area (Å²) >= 11 is 0. The lowest BCUT2D eigenvalue weighted by Gasteiger charge is -2.39. The number of benzene rings is 2. The third-order valence-corrected chi connectivity index (χ3v) is 6.00. The predicted molar refractivity (Wildman–Crippen MR) is 111 cm³/mol. The number of rotatable bonds is 4. The Bertz CT molecular complexity index is 875. The Kier molecular flexibility index (Phi) is 5.59. The van der Waals surface area contributed by atoms with Crippen LogP contribution < -0.4 is 10.1 Å². The van der Waals surface area contributed by atoms with Crippen molar-refractivity contribution in [2.75, 3.05) is 13.1 Å². The molecule has 1 N–H and O–H groups in total. The summed E-state index contributed by atoms with van der Waals surface area (Å²) in [6.45, 7) is 6.33. The molecule has 4 rings (SSSR count). The van der Waals surface area contributed by atoms with E-state index in [0.29, 0.717) is 6.54 Å². The highest BCUT2D eigenvalue weighted by Crippen LogP contribution is 2.39. The molecular formula is C24H29FN2O2. The largest absolute Gasteiger partial charge is 0.487 e. The van der Waals surface area contributed by atoms with Gasteiger partial charge in [0.1, 0.15) is 17.2 Å². The summed E-state index contributed by atoms with van der Waals surface area (Å²) in [6, 6.07) is 14.8. The number of para-hydroxylation sites is 1. The Labute approximate surface area is 172 Å². The molecular weight excluding hydrogens is 367 g/mol. The first-order valence-corrected chi connectivity index (χ1v) is 10.5. The van der Waals surface area contributed by atoms with Crippen LogP contribution >= 0.6 is 0 Å². The average Bonchev–Trinajstić information content (AvgIpc) is 2.69. The highest BCUT2D eigenvalue weighted by Gasteiger charge is 2.35. The normalized spacial score (nSPS) is 21.8. The second kappa shape index (κ2) is 8.15. The molecule has 1 saturated heterocycles. The summed E-state index contributed by atoms with van der Waals surface area (Å²) < 4.78 is 20.0. The van der Waals surface area contributed by atoms with Gasteiger partial charge in [0.2, 0.25) is 5.91 Å². The van der Waals surface area contributed by atoms with E-state index in [1.54, 1.807) is 6.07 Å². The van der Waals surface area contributed by atoms with Crippen LogP contribution in [0.3, 0.4) is 0 Å². The van der Waals surface area contributed by atoms with E-state index in [4.69, 9.17) is 4.74 Å². The van der Waals surface area contributed by atoms with Crippen LogP contribution in [0.1, 0.15) is 50.3 Å². The predicted octanol–water partition coefficient (Wildman–Crippen LogP) is 4.46.